The smallest absolute Gasteiger partial charge is 0.146 e. The first-order valence-electron chi connectivity index (χ1n) is 5.73. The maximum Gasteiger partial charge on any atom is 0.146 e. The van der Waals surface area contributed by atoms with Gasteiger partial charge >= 0.3 is 0 Å². The van der Waals surface area contributed by atoms with Crippen LogP contribution in [0.1, 0.15) is 52.4 Å². The molecule has 2 heteroatoms. The van der Waals surface area contributed by atoms with Crippen LogP contribution in [0.15, 0.2) is 0 Å². The first-order valence-corrected chi connectivity index (χ1v) is 5.73. The molecule has 80 valence electrons. The highest BCUT2D eigenvalue weighted by Gasteiger charge is 2.32. The summed E-state index contributed by atoms with van der Waals surface area (Å²) in [6, 6.07) is 0. The van der Waals surface area contributed by atoms with E-state index in [1.807, 2.05) is 6.92 Å². The highest BCUT2D eigenvalue weighted by Crippen LogP contribution is 2.26. The van der Waals surface area contributed by atoms with Crippen molar-refractivity contribution in [3.63, 3.8) is 0 Å². The van der Waals surface area contributed by atoms with Gasteiger partial charge in [0.2, 0.25) is 0 Å². The molecule has 1 aliphatic carbocycles. The van der Waals surface area contributed by atoms with E-state index in [0.29, 0.717) is 6.42 Å². The molecule has 2 unspecified atom stereocenters. The van der Waals surface area contributed by atoms with E-state index in [2.05, 4.69) is 6.92 Å². The average molecular weight is 196 g/mol. The number of unbranched alkanes of at least 4 members (excludes halogenated alkanes) is 1. The van der Waals surface area contributed by atoms with Crippen molar-refractivity contribution in [2.75, 3.05) is 0 Å². The summed E-state index contributed by atoms with van der Waals surface area (Å²) in [6.45, 7) is 4.08. The van der Waals surface area contributed by atoms with Crippen molar-refractivity contribution in [2.24, 2.45) is 11.8 Å². The van der Waals surface area contributed by atoms with Crippen LogP contribution in [-0.4, -0.2) is 11.6 Å². The van der Waals surface area contributed by atoms with Gasteiger partial charge < -0.3 is 0 Å². The second kappa shape index (κ2) is 5.28. The Morgan fingerprint density at radius 2 is 2.29 bits per heavy atom. The van der Waals surface area contributed by atoms with Gasteiger partial charge in [-0.15, -0.1) is 0 Å². The van der Waals surface area contributed by atoms with Gasteiger partial charge in [0.25, 0.3) is 0 Å². The van der Waals surface area contributed by atoms with Crippen molar-refractivity contribution in [3.05, 3.63) is 0 Å². The van der Waals surface area contributed by atoms with E-state index in [4.69, 9.17) is 0 Å². The molecule has 0 aromatic heterocycles. The van der Waals surface area contributed by atoms with E-state index in [-0.39, 0.29) is 23.4 Å². The number of Topliss-reactive ketones (excluding diaryl/α,β-unsaturated/α-hetero) is 2. The summed E-state index contributed by atoms with van der Waals surface area (Å²) in [5.41, 5.74) is 0. The number of hydrogen-bond acceptors (Lipinski definition) is 2. The SMILES string of the molecule is CCCCC(C)C(=O)C1CCCC1=O. The van der Waals surface area contributed by atoms with E-state index >= 15 is 0 Å². The molecule has 0 saturated heterocycles. The Bertz CT molecular complexity index is 220. The molecule has 14 heavy (non-hydrogen) atoms. The second-order valence-corrected chi connectivity index (χ2v) is 4.36. The van der Waals surface area contributed by atoms with Gasteiger partial charge in [-0.25, -0.2) is 0 Å². The second-order valence-electron chi connectivity index (χ2n) is 4.36. The number of ketones is 2. The van der Waals surface area contributed by atoms with Gasteiger partial charge in [-0.3, -0.25) is 9.59 Å². The van der Waals surface area contributed by atoms with Crippen LogP contribution < -0.4 is 0 Å². The van der Waals surface area contributed by atoms with Crippen LogP contribution in [0.2, 0.25) is 0 Å². The van der Waals surface area contributed by atoms with Crippen LogP contribution in [0.3, 0.4) is 0 Å². The molecule has 0 bridgehead atoms. The zero-order valence-corrected chi connectivity index (χ0v) is 9.21. The number of carbonyl (C=O) groups is 2. The van der Waals surface area contributed by atoms with E-state index in [9.17, 15) is 9.59 Å². The fraction of sp³-hybridized carbons (Fsp3) is 0.833. The molecule has 1 saturated carbocycles. The molecule has 0 radical (unpaired) electrons. The normalized spacial score (nSPS) is 23.9. The van der Waals surface area contributed by atoms with E-state index in [1.54, 1.807) is 0 Å². The van der Waals surface area contributed by atoms with Crippen molar-refractivity contribution in [2.45, 2.75) is 52.4 Å². The Labute approximate surface area is 86.1 Å². The topological polar surface area (TPSA) is 34.1 Å². The monoisotopic (exact) mass is 196 g/mol. The maximum absolute atomic E-state index is 11.8. The van der Waals surface area contributed by atoms with Crippen LogP contribution in [0.4, 0.5) is 0 Å². The first kappa shape index (κ1) is 11.4. The number of carbonyl (C=O) groups excluding carboxylic acids is 2. The molecule has 2 nitrogen and oxygen atoms in total. The molecule has 0 N–H and O–H groups in total. The molecule has 0 heterocycles. The van der Waals surface area contributed by atoms with Crippen molar-refractivity contribution in [1.29, 1.82) is 0 Å². The molecule has 1 aliphatic rings. The van der Waals surface area contributed by atoms with Crippen LogP contribution >= 0.6 is 0 Å². The molecule has 1 fully saturated rings. The van der Waals surface area contributed by atoms with E-state index in [0.717, 1.165) is 32.1 Å². The van der Waals surface area contributed by atoms with E-state index < -0.39 is 0 Å². The Hall–Kier alpha value is -0.660. The van der Waals surface area contributed by atoms with Crippen LogP contribution in [0.5, 0.6) is 0 Å². The summed E-state index contributed by atoms with van der Waals surface area (Å²) < 4.78 is 0. The van der Waals surface area contributed by atoms with Crippen LogP contribution in [-0.2, 0) is 9.59 Å². The summed E-state index contributed by atoms with van der Waals surface area (Å²) in [4.78, 5) is 23.2. The van der Waals surface area contributed by atoms with Gasteiger partial charge in [0.05, 0.1) is 5.92 Å². The Kier molecular flexibility index (Phi) is 4.30. The molecule has 0 aliphatic heterocycles. The Morgan fingerprint density at radius 3 is 2.79 bits per heavy atom. The lowest BCUT2D eigenvalue weighted by atomic mass is 9.89. The van der Waals surface area contributed by atoms with E-state index in [1.165, 1.54) is 0 Å². The fourth-order valence-corrected chi connectivity index (χ4v) is 2.11. The lowest BCUT2D eigenvalue weighted by Gasteiger charge is -2.13. The van der Waals surface area contributed by atoms with Crippen LogP contribution in [0.25, 0.3) is 0 Å². The Morgan fingerprint density at radius 1 is 1.57 bits per heavy atom. The third-order valence-corrected chi connectivity index (χ3v) is 3.12. The number of rotatable bonds is 5. The minimum atomic E-state index is -0.248. The van der Waals surface area contributed by atoms with Gasteiger partial charge in [0.1, 0.15) is 11.6 Å². The van der Waals surface area contributed by atoms with Crippen LogP contribution in [0, 0.1) is 11.8 Å². The standard InChI is InChI=1S/C12H20O2/c1-3-4-6-9(2)12(14)10-7-5-8-11(10)13/h9-10H,3-8H2,1-2H3. The lowest BCUT2D eigenvalue weighted by Crippen LogP contribution is -2.24. The molecular formula is C12H20O2. The van der Waals surface area contributed by atoms with Crippen molar-refractivity contribution in [3.8, 4) is 0 Å². The predicted molar refractivity (Wildman–Crippen MR) is 56.0 cm³/mol. The minimum absolute atomic E-state index is 0.0852. The first-order chi connectivity index (χ1) is 6.66. The zero-order chi connectivity index (χ0) is 10.6. The highest BCUT2D eigenvalue weighted by atomic mass is 16.2. The molecular weight excluding hydrogens is 176 g/mol. The summed E-state index contributed by atoms with van der Waals surface area (Å²) >= 11 is 0. The lowest BCUT2D eigenvalue weighted by molar-refractivity contribution is -0.133. The summed E-state index contributed by atoms with van der Waals surface area (Å²) in [5.74, 6) is 0.211. The Balaban J connectivity index is 2.43. The maximum atomic E-state index is 11.8. The molecule has 0 aromatic carbocycles. The van der Waals surface area contributed by atoms with Gasteiger partial charge in [0, 0.05) is 12.3 Å². The quantitative estimate of drug-likeness (QED) is 0.633. The fourth-order valence-electron chi connectivity index (χ4n) is 2.11. The average Bonchev–Trinajstić information content (AvgIpc) is 2.59. The summed E-state index contributed by atoms with van der Waals surface area (Å²) in [7, 11) is 0. The highest BCUT2D eigenvalue weighted by molar-refractivity contribution is 6.04. The van der Waals surface area contributed by atoms with Crippen molar-refractivity contribution >= 4 is 11.6 Å². The molecule has 1 rings (SSSR count). The molecule has 0 aromatic rings. The molecule has 0 spiro atoms. The zero-order valence-electron chi connectivity index (χ0n) is 9.21. The third kappa shape index (κ3) is 2.66. The van der Waals surface area contributed by atoms with Gasteiger partial charge in [0.15, 0.2) is 0 Å². The predicted octanol–water partition coefficient (Wildman–Crippen LogP) is 2.75. The van der Waals surface area contributed by atoms with Crippen molar-refractivity contribution in [1.82, 2.24) is 0 Å². The molecule has 0 amide bonds. The summed E-state index contributed by atoms with van der Waals surface area (Å²) in [6.07, 6.45) is 5.49. The summed E-state index contributed by atoms with van der Waals surface area (Å²) in [5, 5.41) is 0. The number of hydrogen-bond donors (Lipinski definition) is 0. The van der Waals surface area contributed by atoms with Crippen molar-refractivity contribution < 1.29 is 9.59 Å². The van der Waals surface area contributed by atoms with Gasteiger partial charge in [-0.2, -0.15) is 0 Å². The van der Waals surface area contributed by atoms with Gasteiger partial charge in [-0.05, 0) is 19.3 Å². The largest absolute Gasteiger partial charge is 0.299 e. The van der Waals surface area contributed by atoms with Gasteiger partial charge in [-0.1, -0.05) is 26.7 Å². The third-order valence-electron chi connectivity index (χ3n) is 3.12. The minimum Gasteiger partial charge on any atom is -0.299 e. The molecule has 2 atom stereocenters.